The maximum atomic E-state index is 12.0. The van der Waals surface area contributed by atoms with Crippen molar-refractivity contribution in [1.82, 2.24) is 10.2 Å². The number of alkyl halides is 3. The molecule has 0 unspecified atom stereocenters. The molecule has 0 saturated carbocycles. The predicted molar refractivity (Wildman–Crippen MR) is 55.8 cm³/mol. The van der Waals surface area contributed by atoms with Gasteiger partial charge < -0.3 is 15.0 Å². The van der Waals surface area contributed by atoms with Crippen LogP contribution in [0.1, 0.15) is 6.42 Å². The SMILES string of the molecule is COCCCNC(=S)N(C)CC(F)(F)F. The second-order valence-corrected chi connectivity index (χ2v) is 3.44. The molecule has 0 aliphatic rings. The van der Waals surface area contributed by atoms with Gasteiger partial charge >= 0.3 is 6.18 Å². The van der Waals surface area contributed by atoms with Crippen LogP contribution in [0.4, 0.5) is 13.2 Å². The molecule has 0 radical (unpaired) electrons. The second kappa shape index (κ2) is 6.84. The fourth-order valence-electron chi connectivity index (χ4n) is 0.888. The lowest BCUT2D eigenvalue weighted by Gasteiger charge is -2.22. The molecule has 15 heavy (non-hydrogen) atoms. The minimum atomic E-state index is -4.23. The summed E-state index contributed by atoms with van der Waals surface area (Å²) in [4.78, 5) is 0.960. The van der Waals surface area contributed by atoms with Crippen LogP contribution < -0.4 is 5.32 Å². The summed E-state index contributed by atoms with van der Waals surface area (Å²) in [5.41, 5.74) is 0. The lowest BCUT2D eigenvalue weighted by molar-refractivity contribution is -0.135. The molecule has 0 saturated heterocycles. The lowest BCUT2D eigenvalue weighted by Crippen LogP contribution is -2.42. The highest BCUT2D eigenvalue weighted by atomic mass is 32.1. The second-order valence-electron chi connectivity index (χ2n) is 3.05. The van der Waals surface area contributed by atoms with Crippen LogP contribution in [-0.4, -0.2) is 50.0 Å². The van der Waals surface area contributed by atoms with E-state index >= 15 is 0 Å². The zero-order valence-electron chi connectivity index (χ0n) is 8.73. The molecule has 90 valence electrons. The van der Waals surface area contributed by atoms with Crippen molar-refractivity contribution in [3.63, 3.8) is 0 Å². The summed E-state index contributed by atoms with van der Waals surface area (Å²) < 4.78 is 40.7. The van der Waals surface area contributed by atoms with E-state index in [-0.39, 0.29) is 5.11 Å². The molecule has 0 aliphatic heterocycles. The van der Waals surface area contributed by atoms with Crippen LogP contribution in [-0.2, 0) is 4.74 Å². The molecule has 0 aliphatic carbocycles. The Balaban J connectivity index is 3.70. The molecule has 3 nitrogen and oxygen atoms in total. The molecule has 0 amide bonds. The normalized spacial score (nSPS) is 11.3. The van der Waals surface area contributed by atoms with Crippen molar-refractivity contribution in [3.8, 4) is 0 Å². The third kappa shape index (κ3) is 8.44. The minimum Gasteiger partial charge on any atom is -0.385 e. The fraction of sp³-hybridized carbons (Fsp3) is 0.875. The summed E-state index contributed by atoms with van der Waals surface area (Å²) in [6.45, 7) is 0.0244. The van der Waals surface area contributed by atoms with E-state index in [1.807, 2.05) is 0 Å². The summed E-state index contributed by atoms with van der Waals surface area (Å²) in [5.74, 6) is 0. The maximum Gasteiger partial charge on any atom is 0.405 e. The monoisotopic (exact) mass is 244 g/mol. The van der Waals surface area contributed by atoms with Crippen molar-refractivity contribution in [2.24, 2.45) is 0 Å². The van der Waals surface area contributed by atoms with Crippen molar-refractivity contribution in [3.05, 3.63) is 0 Å². The Morgan fingerprint density at radius 1 is 1.47 bits per heavy atom. The number of halogens is 3. The van der Waals surface area contributed by atoms with Gasteiger partial charge in [-0.05, 0) is 18.6 Å². The highest BCUT2D eigenvalue weighted by Gasteiger charge is 2.29. The van der Waals surface area contributed by atoms with Crippen molar-refractivity contribution in [2.75, 3.05) is 33.9 Å². The predicted octanol–water partition coefficient (Wildman–Crippen LogP) is 1.39. The topological polar surface area (TPSA) is 24.5 Å². The molecule has 0 aromatic rings. The zero-order valence-corrected chi connectivity index (χ0v) is 9.54. The van der Waals surface area contributed by atoms with Crippen LogP contribution in [0.5, 0.6) is 0 Å². The minimum absolute atomic E-state index is 0.100. The molecule has 1 N–H and O–H groups in total. The van der Waals surface area contributed by atoms with Gasteiger partial charge in [-0.25, -0.2) is 0 Å². The largest absolute Gasteiger partial charge is 0.405 e. The Labute approximate surface area is 92.6 Å². The first-order valence-corrected chi connectivity index (χ1v) is 4.82. The number of methoxy groups -OCH3 is 1. The molecule has 0 fully saturated rings. The van der Waals surface area contributed by atoms with Gasteiger partial charge in [-0.3, -0.25) is 0 Å². The van der Waals surface area contributed by atoms with Crippen LogP contribution in [0, 0.1) is 0 Å². The van der Waals surface area contributed by atoms with Gasteiger partial charge in [0.05, 0.1) is 0 Å². The first-order chi connectivity index (χ1) is 6.87. The Hall–Kier alpha value is -0.560. The highest BCUT2D eigenvalue weighted by molar-refractivity contribution is 7.80. The zero-order chi connectivity index (χ0) is 11.9. The van der Waals surface area contributed by atoms with E-state index in [9.17, 15) is 13.2 Å². The van der Waals surface area contributed by atoms with E-state index < -0.39 is 12.7 Å². The summed E-state index contributed by atoms with van der Waals surface area (Å²) in [6.07, 6.45) is -3.52. The third-order valence-electron chi connectivity index (χ3n) is 1.56. The van der Waals surface area contributed by atoms with Crippen molar-refractivity contribution in [2.45, 2.75) is 12.6 Å². The highest BCUT2D eigenvalue weighted by Crippen LogP contribution is 2.15. The lowest BCUT2D eigenvalue weighted by atomic mass is 10.4. The summed E-state index contributed by atoms with van der Waals surface area (Å²) in [6, 6.07) is 0. The van der Waals surface area contributed by atoms with Gasteiger partial charge in [-0.15, -0.1) is 0 Å². The van der Waals surface area contributed by atoms with Gasteiger partial charge in [0.2, 0.25) is 0 Å². The Morgan fingerprint density at radius 3 is 2.53 bits per heavy atom. The van der Waals surface area contributed by atoms with Crippen molar-refractivity contribution in [1.29, 1.82) is 0 Å². The Bertz CT molecular complexity index is 199. The number of thiocarbonyl (C=S) groups is 1. The molecule has 0 aromatic heterocycles. The quantitative estimate of drug-likeness (QED) is 0.583. The summed E-state index contributed by atoms with van der Waals surface area (Å²) in [5, 5.41) is 2.82. The number of rotatable bonds is 5. The molecule has 0 atom stereocenters. The van der Waals surface area contributed by atoms with E-state index in [0.29, 0.717) is 19.6 Å². The van der Waals surface area contributed by atoms with E-state index in [4.69, 9.17) is 17.0 Å². The van der Waals surface area contributed by atoms with E-state index in [1.165, 1.54) is 7.05 Å². The van der Waals surface area contributed by atoms with Crippen LogP contribution in [0.25, 0.3) is 0 Å². The Morgan fingerprint density at radius 2 is 2.07 bits per heavy atom. The third-order valence-corrected chi connectivity index (χ3v) is 2.02. The number of hydrogen-bond donors (Lipinski definition) is 1. The van der Waals surface area contributed by atoms with Gasteiger partial charge in [-0.2, -0.15) is 13.2 Å². The van der Waals surface area contributed by atoms with Gasteiger partial charge in [0, 0.05) is 27.3 Å². The molecule has 0 bridgehead atoms. The van der Waals surface area contributed by atoms with Gasteiger partial charge in [0.15, 0.2) is 5.11 Å². The van der Waals surface area contributed by atoms with E-state index in [1.54, 1.807) is 7.11 Å². The molecular formula is C8H15F3N2OS. The molecule has 0 spiro atoms. The molecule has 0 heterocycles. The van der Waals surface area contributed by atoms with Crippen LogP contribution in [0.2, 0.25) is 0 Å². The first-order valence-electron chi connectivity index (χ1n) is 4.41. The number of nitrogens with zero attached hydrogens (tertiary/aromatic N) is 1. The average Bonchev–Trinajstić information content (AvgIpc) is 2.09. The number of hydrogen-bond acceptors (Lipinski definition) is 2. The molecular weight excluding hydrogens is 229 g/mol. The van der Waals surface area contributed by atoms with Crippen molar-refractivity contribution >= 4 is 17.3 Å². The smallest absolute Gasteiger partial charge is 0.385 e. The molecule has 0 aromatic carbocycles. The standard InChI is InChI=1S/C8H15F3N2OS/c1-13(6-8(9,10)11)7(15)12-4-3-5-14-2/h3-6H2,1-2H3,(H,12,15). The van der Waals surface area contributed by atoms with Gasteiger partial charge in [0.1, 0.15) is 6.54 Å². The maximum absolute atomic E-state index is 12.0. The number of nitrogens with one attached hydrogen (secondary N) is 1. The van der Waals surface area contributed by atoms with Gasteiger partial charge in [0.25, 0.3) is 0 Å². The fourth-order valence-corrected chi connectivity index (χ4v) is 1.05. The average molecular weight is 244 g/mol. The molecule has 0 rings (SSSR count). The first kappa shape index (κ1) is 14.4. The van der Waals surface area contributed by atoms with Crippen LogP contribution >= 0.6 is 12.2 Å². The summed E-state index contributed by atoms with van der Waals surface area (Å²) >= 11 is 4.77. The molecule has 7 heteroatoms. The summed E-state index contributed by atoms with van der Waals surface area (Å²) in [7, 11) is 2.87. The van der Waals surface area contributed by atoms with E-state index in [0.717, 1.165) is 4.90 Å². The number of ether oxygens (including phenoxy) is 1. The van der Waals surface area contributed by atoms with E-state index in [2.05, 4.69) is 5.32 Å². The van der Waals surface area contributed by atoms with Crippen LogP contribution in [0.15, 0.2) is 0 Å². The van der Waals surface area contributed by atoms with Crippen LogP contribution in [0.3, 0.4) is 0 Å². The van der Waals surface area contributed by atoms with Gasteiger partial charge in [-0.1, -0.05) is 0 Å². The van der Waals surface area contributed by atoms with Crippen molar-refractivity contribution < 1.29 is 17.9 Å². The Kier molecular flexibility index (Phi) is 6.58.